The van der Waals surface area contributed by atoms with Crippen LogP contribution in [0.1, 0.15) is 21.6 Å². The highest BCUT2D eigenvalue weighted by Crippen LogP contribution is 2.24. The van der Waals surface area contributed by atoms with Gasteiger partial charge in [0.2, 0.25) is 0 Å². The predicted octanol–water partition coefficient (Wildman–Crippen LogP) is 5.02. The van der Waals surface area contributed by atoms with Crippen LogP contribution in [-0.2, 0) is 11.3 Å². The number of aromatic nitrogens is 2. The van der Waals surface area contributed by atoms with Crippen LogP contribution >= 0.6 is 11.3 Å². The SMILES string of the molecule is Cc1nc(-c2cccs2)ccc1C(=O)OCc1cccc2cccnc12. The van der Waals surface area contributed by atoms with Crippen LogP contribution in [0.4, 0.5) is 0 Å². The molecular formula is C21H16N2O2S. The van der Waals surface area contributed by atoms with Crippen molar-refractivity contribution in [3.05, 3.63) is 83.0 Å². The molecule has 0 radical (unpaired) electrons. The number of hydrogen-bond donors (Lipinski definition) is 0. The zero-order valence-electron chi connectivity index (χ0n) is 14.2. The van der Waals surface area contributed by atoms with Gasteiger partial charge in [-0.2, -0.15) is 0 Å². The molecule has 0 bridgehead atoms. The van der Waals surface area contributed by atoms with E-state index in [1.807, 2.05) is 60.8 Å². The maximum Gasteiger partial charge on any atom is 0.340 e. The summed E-state index contributed by atoms with van der Waals surface area (Å²) in [6.07, 6.45) is 1.74. The van der Waals surface area contributed by atoms with Crippen LogP contribution in [0.3, 0.4) is 0 Å². The number of pyridine rings is 2. The summed E-state index contributed by atoms with van der Waals surface area (Å²) in [5, 5.41) is 3.03. The van der Waals surface area contributed by atoms with Crippen molar-refractivity contribution in [2.45, 2.75) is 13.5 Å². The van der Waals surface area contributed by atoms with E-state index >= 15 is 0 Å². The van der Waals surface area contributed by atoms with Crippen LogP contribution in [-0.4, -0.2) is 15.9 Å². The van der Waals surface area contributed by atoms with Crippen molar-refractivity contribution in [1.82, 2.24) is 9.97 Å². The number of ether oxygens (including phenoxy) is 1. The van der Waals surface area contributed by atoms with Crippen molar-refractivity contribution in [3.63, 3.8) is 0 Å². The maximum atomic E-state index is 12.5. The Labute approximate surface area is 155 Å². The smallest absolute Gasteiger partial charge is 0.340 e. The summed E-state index contributed by atoms with van der Waals surface area (Å²) in [6, 6.07) is 17.4. The van der Waals surface area contributed by atoms with Gasteiger partial charge in [0.05, 0.1) is 27.3 Å². The molecule has 0 aliphatic heterocycles. The Morgan fingerprint density at radius 1 is 1.08 bits per heavy atom. The first-order valence-corrected chi connectivity index (χ1v) is 9.11. The summed E-state index contributed by atoms with van der Waals surface area (Å²) in [5.41, 5.74) is 3.76. The Morgan fingerprint density at radius 2 is 1.96 bits per heavy atom. The molecule has 0 saturated heterocycles. The average molecular weight is 360 g/mol. The molecule has 5 heteroatoms. The van der Waals surface area contributed by atoms with Crippen LogP contribution in [0.2, 0.25) is 0 Å². The third kappa shape index (κ3) is 3.21. The van der Waals surface area contributed by atoms with Gasteiger partial charge in [0, 0.05) is 17.1 Å². The number of hydrogen-bond acceptors (Lipinski definition) is 5. The van der Waals surface area contributed by atoms with Crippen LogP contribution < -0.4 is 0 Å². The second-order valence-corrected chi connectivity index (χ2v) is 6.82. The second kappa shape index (κ2) is 7.06. The van der Waals surface area contributed by atoms with Gasteiger partial charge in [-0.3, -0.25) is 9.97 Å². The first kappa shape index (κ1) is 16.4. The highest BCUT2D eigenvalue weighted by atomic mass is 32.1. The Bertz CT molecular complexity index is 1070. The standard InChI is InChI=1S/C21H16N2O2S/c1-14-17(9-10-18(23-14)19-8-4-12-26-19)21(24)25-13-16-6-2-5-15-7-3-11-22-20(15)16/h2-12H,13H2,1H3. The van der Waals surface area contributed by atoms with Gasteiger partial charge >= 0.3 is 5.97 Å². The third-order valence-corrected chi connectivity index (χ3v) is 5.05. The number of thiophene rings is 1. The molecule has 0 fully saturated rings. The molecule has 4 aromatic rings. The molecule has 3 heterocycles. The number of aryl methyl sites for hydroxylation is 1. The van der Waals surface area contributed by atoms with Crippen molar-refractivity contribution in [3.8, 4) is 10.6 Å². The van der Waals surface area contributed by atoms with Crippen LogP contribution in [0, 0.1) is 6.92 Å². The van der Waals surface area contributed by atoms with Gasteiger partial charge in [0.25, 0.3) is 0 Å². The van der Waals surface area contributed by atoms with Gasteiger partial charge in [0.1, 0.15) is 6.61 Å². The van der Waals surface area contributed by atoms with Crippen molar-refractivity contribution >= 4 is 28.2 Å². The number of benzene rings is 1. The molecule has 128 valence electrons. The van der Waals surface area contributed by atoms with Crippen LogP contribution in [0.5, 0.6) is 0 Å². The number of carbonyl (C=O) groups excluding carboxylic acids is 1. The molecule has 1 aromatic carbocycles. The lowest BCUT2D eigenvalue weighted by Crippen LogP contribution is -2.09. The van der Waals surface area contributed by atoms with Gasteiger partial charge in [-0.1, -0.05) is 30.3 Å². The number of para-hydroxylation sites is 1. The lowest BCUT2D eigenvalue weighted by atomic mass is 10.1. The number of carbonyl (C=O) groups is 1. The van der Waals surface area contributed by atoms with E-state index in [1.54, 1.807) is 23.6 Å². The highest BCUT2D eigenvalue weighted by molar-refractivity contribution is 7.13. The fraction of sp³-hybridized carbons (Fsp3) is 0.0952. The van der Waals surface area contributed by atoms with Gasteiger partial charge in [0.15, 0.2) is 0 Å². The minimum atomic E-state index is -0.374. The fourth-order valence-electron chi connectivity index (χ4n) is 2.84. The van der Waals surface area contributed by atoms with Gasteiger partial charge < -0.3 is 4.74 Å². The average Bonchev–Trinajstić information content (AvgIpc) is 3.21. The summed E-state index contributed by atoms with van der Waals surface area (Å²) >= 11 is 1.62. The van der Waals surface area contributed by atoms with E-state index in [1.165, 1.54) is 0 Å². The van der Waals surface area contributed by atoms with Crippen molar-refractivity contribution in [2.75, 3.05) is 0 Å². The molecule has 0 amide bonds. The van der Waals surface area contributed by atoms with E-state index in [9.17, 15) is 4.79 Å². The van der Waals surface area contributed by atoms with E-state index in [4.69, 9.17) is 4.74 Å². The zero-order valence-corrected chi connectivity index (χ0v) is 15.0. The first-order valence-electron chi connectivity index (χ1n) is 8.23. The molecule has 0 saturated carbocycles. The quantitative estimate of drug-likeness (QED) is 0.479. The molecular weight excluding hydrogens is 344 g/mol. The molecule has 0 aliphatic rings. The molecule has 3 aromatic heterocycles. The molecule has 0 atom stereocenters. The van der Waals surface area contributed by atoms with Crippen molar-refractivity contribution in [1.29, 1.82) is 0 Å². The molecule has 26 heavy (non-hydrogen) atoms. The highest BCUT2D eigenvalue weighted by Gasteiger charge is 2.14. The van der Waals surface area contributed by atoms with E-state index in [-0.39, 0.29) is 12.6 Å². The number of nitrogens with zero attached hydrogens (tertiary/aromatic N) is 2. The second-order valence-electron chi connectivity index (χ2n) is 5.88. The Morgan fingerprint density at radius 3 is 2.77 bits per heavy atom. The van der Waals surface area contributed by atoms with E-state index < -0.39 is 0 Å². The van der Waals surface area contributed by atoms with Gasteiger partial charge in [-0.05, 0) is 36.6 Å². The summed E-state index contributed by atoms with van der Waals surface area (Å²) in [6.45, 7) is 2.01. The minimum Gasteiger partial charge on any atom is -0.457 e. The summed E-state index contributed by atoms with van der Waals surface area (Å²) < 4.78 is 5.52. The summed E-state index contributed by atoms with van der Waals surface area (Å²) in [4.78, 5) is 22.5. The third-order valence-electron chi connectivity index (χ3n) is 4.15. The van der Waals surface area contributed by atoms with Crippen LogP contribution in [0.15, 0.2) is 66.2 Å². The van der Waals surface area contributed by atoms with E-state index in [0.29, 0.717) is 11.3 Å². The number of fused-ring (bicyclic) bond motifs is 1. The summed E-state index contributed by atoms with van der Waals surface area (Å²) in [7, 11) is 0. The normalized spacial score (nSPS) is 10.8. The molecule has 0 unspecified atom stereocenters. The first-order chi connectivity index (χ1) is 12.7. The van der Waals surface area contributed by atoms with Crippen molar-refractivity contribution in [2.24, 2.45) is 0 Å². The maximum absolute atomic E-state index is 12.5. The lowest BCUT2D eigenvalue weighted by Gasteiger charge is -2.09. The molecule has 0 N–H and O–H groups in total. The zero-order chi connectivity index (χ0) is 17.9. The fourth-order valence-corrected chi connectivity index (χ4v) is 3.54. The van der Waals surface area contributed by atoms with Gasteiger partial charge in [-0.15, -0.1) is 11.3 Å². The summed E-state index contributed by atoms with van der Waals surface area (Å²) in [5.74, 6) is -0.374. The van der Waals surface area contributed by atoms with Gasteiger partial charge in [-0.25, -0.2) is 4.79 Å². The predicted molar refractivity (Wildman–Crippen MR) is 103 cm³/mol. The Balaban J connectivity index is 1.53. The van der Waals surface area contributed by atoms with E-state index in [2.05, 4.69) is 9.97 Å². The Hall–Kier alpha value is -3.05. The lowest BCUT2D eigenvalue weighted by molar-refractivity contribution is 0.0473. The minimum absolute atomic E-state index is 0.180. The number of esters is 1. The van der Waals surface area contributed by atoms with E-state index in [0.717, 1.165) is 27.0 Å². The van der Waals surface area contributed by atoms with Crippen molar-refractivity contribution < 1.29 is 9.53 Å². The molecule has 0 aliphatic carbocycles. The Kier molecular flexibility index (Phi) is 4.46. The largest absolute Gasteiger partial charge is 0.457 e. The molecule has 4 rings (SSSR count). The number of rotatable bonds is 4. The molecule has 4 nitrogen and oxygen atoms in total. The monoisotopic (exact) mass is 360 g/mol. The molecule has 0 spiro atoms. The van der Waals surface area contributed by atoms with Crippen LogP contribution in [0.25, 0.3) is 21.5 Å². The topological polar surface area (TPSA) is 52.1 Å².